The lowest BCUT2D eigenvalue weighted by molar-refractivity contribution is -0.131. The molecule has 0 aromatic carbocycles. The maximum Gasteiger partial charge on any atom is 0.260 e. The van der Waals surface area contributed by atoms with Gasteiger partial charge in [-0.2, -0.15) is 0 Å². The van der Waals surface area contributed by atoms with E-state index in [0.29, 0.717) is 12.3 Å². The summed E-state index contributed by atoms with van der Waals surface area (Å²) in [6, 6.07) is 3.73. The number of likely N-dealkylation sites (N-methyl/N-ethyl adjacent to an activating group) is 1. The molecule has 1 aromatic rings. The van der Waals surface area contributed by atoms with Crippen molar-refractivity contribution in [1.82, 2.24) is 15.2 Å². The number of aromatic nitrogens is 1. The van der Waals surface area contributed by atoms with Gasteiger partial charge in [-0.3, -0.25) is 9.78 Å². The molecular weight excluding hydrogens is 230 g/mol. The van der Waals surface area contributed by atoms with Crippen LogP contribution in [0.15, 0.2) is 18.3 Å². The third-order valence-corrected chi connectivity index (χ3v) is 2.62. The van der Waals surface area contributed by atoms with Gasteiger partial charge in [-0.15, -0.1) is 0 Å². The van der Waals surface area contributed by atoms with Gasteiger partial charge in [0.2, 0.25) is 0 Å². The molecule has 0 aliphatic carbocycles. The van der Waals surface area contributed by atoms with Crippen molar-refractivity contribution < 1.29 is 9.53 Å². The Morgan fingerprint density at radius 2 is 2.22 bits per heavy atom. The van der Waals surface area contributed by atoms with Crippen LogP contribution in [0.1, 0.15) is 19.5 Å². The van der Waals surface area contributed by atoms with Crippen LogP contribution in [0.2, 0.25) is 0 Å². The highest BCUT2D eigenvalue weighted by Crippen LogP contribution is 2.09. The molecule has 0 radical (unpaired) electrons. The number of carbonyl (C=O) groups excluding carboxylic acids is 1. The van der Waals surface area contributed by atoms with E-state index in [-0.39, 0.29) is 12.5 Å². The van der Waals surface area contributed by atoms with E-state index >= 15 is 0 Å². The van der Waals surface area contributed by atoms with E-state index in [0.717, 1.165) is 18.8 Å². The average molecular weight is 251 g/mol. The van der Waals surface area contributed by atoms with Crippen molar-refractivity contribution >= 4 is 5.91 Å². The molecule has 5 nitrogen and oxygen atoms in total. The summed E-state index contributed by atoms with van der Waals surface area (Å²) < 4.78 is 5.38. The number of hydrogen-bond acceptors (Lipinski definition) is 4. The lowest BCUT2D eigenvalue weighted by atomic mass is 10.3. The van der Waals surface area contributed by atoms with Crippen LogP contribution in [0.5, 0.6) is 5.75 Å². The van der Waals surface area contributed by atoms with Crippen molar-refractivity contribution in [2.24, 2.45) is 0 Å². The van der Waals surface area contributed by atoms with Crippen LogP contribution < -0.4 is 10.1 Å². The van der Waals surface area contributed by atoms with Gasteiger partial charge < -0.3 is 15.0 Å². The van der Waals surface area contributed by atoms with Crippen molar-refractivity contribution in [1.29, 1.82) is 0 Å². The summed E-state index contributed by atoms with van der Waals surface area (Å²) in [5.41, 5.74) is 0.959. The average Bonchev–Trinajstić information content (AvgIpc) is 2.42. The zero-order valence-corrected chi connectivity index (χ0v) is 11.3. The van der Waals surface area contributed by atoms with Crippen molar-refractivity contribution in [2.75, 3.05) is 26.7 Å². The van der Waals surface area contributed by atoms with Crippen molar-refractivity contribution in [3.63, 3.8) is 0 Å². The minimum Gasteiger partial charge on any atom is -0.482 e. The molecule has 0 bridgehead atoms. The summed E-state index contributed by atoms with van der Waals surface area (Å²) in [6.45, 7) is 6.37. The second-order valence-electron chi connectivity index (χ2n) is 3.96. The lowest BCUT2D eigenvalue weighted by Crippen LogP contribution is -2.31. The number of pyridine rings is 1. The van der Waals surface area contributed by atoms with Crippen LogP contribution in [-0.4, -0.2) is 42.5 Å². The molecule has 0 aliphatic heterocycles. The molecule has 0 fully saturated rings. The fourth-order valence-corrected chi connectivity index (χ4v) is 1.29. The second-order valence-corrected chi connectivity index (χ2v) is 3.96. The van der Waals surface area contributed by atoms with E-state index < -0.39 is 0 Å². The molecule has 1 heterocycles. The first-order valence-electron chi connectivity index (χ1n) is 6.19. The first kappa shape index (κ1) is 14.4. The number of rotatable bonds is 7. The largest absolute Gasteiger partial charge is 0.482 e. The summed E-state index contributed by atoms with van der Waals surface area (Å²) in [4.78, 5) is 17.4. The van der Waals surface area contributed by atoms with Gasteiger partial charge in [-0.05, 0) is 25.6 Å². The smallest absolute Gasteiger partial charge is 0.260 e. The minimum absolute atomic E-state index is 0.0331. The molecule has 1 N–H and O–H groups in total. The monoisotopic (exact) mass is 251 g/mol. The lowest BCUT2D eigenvalue weighted by Gasteiger charge is -2.14. The molecule has 0 saturated carbocycles. The van der Waals surface area contributed by atoms with E-state index in [2.05, 4.69) is 10.3 Å². The van der Waals surface area contributed by atoms with Crippen molar-refractivity contribution in [3.8, 4) is 5.75 Å². The number of hydrogen-bond donors (Lipinski definition) is 1. The number of carbonyl (C=O) groups is 1. The number of amides is 1. The first-order chi connectivity index (χ1) is 8.67. The van der Waals surface area contributed by atoms with Crippen LogP contribution in [0, 0.1) is 0 Å². The minimum atomic E-state index is -0.0331. The zero-order chi connectivity index (χ0) is 13.4. The third-order valence-electron chi connectivity index (χ3n) is 2.62. The molecular formula is C13H21N3O2. The van der Waals surface area contributed by atoms with E-state index in [1.165, 1.54) is 0 Å². The van der Waals surface area contributed by atoms with Gasteiger partial charge in [0.1, 0.15) is 5.75 Å². The van der Waals surface area contributed by atoms with Crippen LogP contribution in [0.25, 0.3) is 0 Å². The fourth-order valence-electron chi connectivity index (χ4n) is 1.29. The van der Waals surface area contributed by atoms with Gasteiger partial charge in [-0.1, -0.05) is 6.92 Å². The SMILES string of the molecule is CCNCc1ccc(OCC(=O)N(C)CC)cn1. The standard InChI is InChI=1S/C13H21N3O2/c1-4-14-8-11-6-7-12(9-15-11)18-10-13(17)16(3)5-2/h6-7,9,14H,4-5,8,10H2,1-3H3. The Hall–Kier alpha value is -1.62. The number of nitrogens with one attached hydrogen (secondary N) is 1. The van der Waals surface area contributed by atoms with Crippen LogP contribution in [0.4, 0.5) is 0 Å². The molecule has 0 atom stereocenters. The van der Waals surface area contributed by atoms with Crippen LogP contribution in [-0.2, 0) is 11.3 Å². The van der Waals surface area contributed by atoms with Gasteiger partial charge in [0.15, 0.2) is 6.61 Å². The molecule has 0 saturated heterocycles. The number of ether oxygens (including phenoxy) is 1. The molecule has 0 spiro atoms. The predicted molar refractivity (Wildman–Crippen MR) is 70.4 cm³/mol. The molecule has 1 aromatic heterocycles. The molecule has 100 valence electrons. The Labute approximate surface area is 108 Å². The predicted octanol–water partition coefficient (Wildman–Crippen LogP) is 1.05. The highest BCUT2D eigenvalue weighted by Gasteiger charge is 2.07. The van der Waals surface area contributed by atoms with Crippen LogP contribution in [0.3, 0.4) is 0 Å². The summed E-state index contributed by atoms with van der Waals surface area (Å²) in [7, 11) is 1.75. The zero-order valence-electron chi connectivity index (χ0n) is 11.3. The second kappa shape index (κ2) is 7.66. The Morgan fingerprint density at radius 3 is 2.78 bits per heavy atom. The summed E-state index contributed by atoms with van der Waals surface area (Å²) in [5.74, 6) is 0.585. The summed E-state index contributed by atoms with van der Waals surface area (Å²) in [6.07, 6.45) is 1.64. The molecule has 18 heavy (non-hydrogen) atoms. The van der Waals surface area contributed by atoms with Gasteiger partial charge >= 0.3 is 0 Å². The topological polar surface area (TPSA) is 54.5 Å². The summed E-state index contributed by atoms with van der Waals surface area (Å²) in [5, 5.41) is 3.19. The Bertz CT molecular complexity index is 365. The van der Waals surface area contributed by atoms with E-state index in [1.807, 2.05) is 26.0 Å². The van der Waals surface area contributed by atoms with Gasteiger partial charge in [-0.25, -0.2) is 0 Å². The van der Waals surface area contributed by atoms with Crippen molar-refractivity contribution in [2.45, 2.75) is 20.4 Å². The first-order valence-corrected chi connectivity index (χ1v) is 6.19. The third kappa shape index (κ3) is 4.71. The van der Waals surface area contributed by atoms with Crippen LogP contribution >= 0.6 is 0 Å². The maximum atomic E-state index is 11.5. The Balaban J connectivity index is 2.41. The van der Waals surface area contributed by atoms with E-state index in [9.17, 15) is 4.79 Å². The quantitative estimate of drug-likeness (QED) is 0.787. The maximum absolute atomic E-state index is 11.5. The molecule has 1 rings (SSSR count). The Morgan fingerprint density at radius 1 is 1.44 bits per heavy atom. The van der Waals surface area contributed by atoms with Gasteiger partial charge in [0.05, 0.1) is 11.9 Å². The van der Waals surface area contributed by atoms with Gasteiger partial charge in [0.25, 0.3) is 5.91 Å². The fraction of sp³-hybridized carbons (Fsp3) is 0.538. The van der Waals surface area contributed by atoms with Crippen molar-refractivity contribution in [3.05, 3.63) is 24.0 Å². The van der Waals surface area contributed by atoms with E-state index in [4.69, 9.17) is 4.74 Å². The van der Waals surface area contributed by atoms with E-state index in [1.54, 1.807) is 18.1 Å². The van der Waals surface area contributed by atoms with Gasteiger partial charge in [0, 0.05) is 20.1 Å². The highest BCUT2D eigenvalue weighted by atomic mass is 16.5. The molecule has 1 amide bonds. The molecule has 5 heteroatoms. The molecule has 0 unspecified atom stereocenters. The molecule has 0 aliphatic rings. The highest BCUT2D eigenvalue weighted by molar-refractivity contribution is 5.77. The number of nitrogens with zero attached hydrogens (tertiary/aromatic N) is 2. The summed E-state index contributed by atoms with van der Waals surface area (Å²) >= 11 is 0. The Kier molecular flexibility index (Phi) is 6.14. The normalized spacial score (nSPS) is 10.2.